The standard InChI is InChI=1S/C45H60N4O5/c1-3-5-7-9-11-13-15-33-51-42-25-17-37(18-26-42)46-48-39-21-29-44(30-22-39)53-35-41(50)36-54-45-31-23-40(24-32-45)49-47-38-19-27-43(28-20-38)52-34-16-14-12-10-8-6-4-2/h17-32,41,50H,3-16,33-36H2,1-2H3. The van der Waals surface area contributed by atoms with Crippen molar-refractivity contribution >= 4 is 22.7 Å². The maximum atomic E-state index is 10.4. The number of hydrogen-bond acceptors (Lipinski definition) is 9. The molecule has 0 aliphatic carbocycles. The maximum Gasteiger partial charge on any atom is 0.122 e. The summed E-state index contributed by atoms with van der Waals surface area (Å²) in [6.07, 6.45) is 16.9. The van der Waals surface area contributed by atoms with Gasteiger partial charge in [-0.15, -0.1) is 0 Å². The predicted octanol–water partition coefficient (Wildman–Crippen LogP) is 13.6. The Hall–Kier alpha value is -4.76. The van der Waals surface area contributed by atoms with Crippen LogP contribution in [0.15, 0.2) is 118 Å². The summed E-state index contributed by atoms with van der Waals surface area (Å²) in [5.41, 5.74) is 2.90. The first-order valence-corrected chi connectivity index (χ1v) is 20.0. The fraction of sp³-hybridized carbons (Fsp3) is 0.467. The molecule has 9 nitrogen and oxygen atoms in total. The van der Waals surface area contributed by atoms with Crippen LogP contribution in [-0.2, 0) is 0 Å². The Morgan fingerprint density at radius 2 is 0.630 bits per heavy atom. The van der Waals surface area contributed by atoms with Crippen molar-refractivity contribution in [3.8, 4) is 23.0 Å². The number of azo groups is 2. The average Bonchev–Trinajstić information content (AvgIpc) is 3.21. The van der Waals surface area contributed by atoms with Crippen LogP contribution in [0.25, 0.3) is 0 Å². The van der Waals surface area contributed by atoms with Gasteiger partial charge in [-0.05, 0) is 110 Å². The third-order valence-corrected chi connectivity index (χ3v) is 8.83. The normalized spacial score (nSPS) is 12.0. The number of nitrogens with zero attached hydrogens (tertiary/aromatic N) is 4. The Bertz CT molecular complexity index is 1470. The minimum absolute atomic E-state index is 0.0868. The van der Waals surface area contributed by atoms with Gasteiger partial charge in [-0.2, -0.15) is 20.5 Å². The van der Waals surface area contributed by atoms with Crippen LogP contribution in [0.5, 0.6) is 23.0 Å². The first-order chi connectivity index (χ1) is 26.6. The molecule has 54 heavy (non-hydrogen) atoms. The van der Waals surface area contributed by atoms with Crippen molar-refractivity contribution in [1.82, 2.24) is 0 Å². The summed E-state index contributed by atoms with van der Waals surface area (Å²) in [5.74, 6) is 2.94. The largest absolute Gasteiger partial charge is 0.494 e. The number of hydrogen-bond donors (Lipinski definition) is 1. The van der Waals surface area contributed by atoms with Gasteiger partial charge in [-0.3, -0.25) is 0 Å². The molecule has 4 aromatic rings. The molecule has 0 radical (unpaired) electrons. The van der Waals surface area contributed by atoms with Crippen LogP contribution in [0, 0.1) is 0 Å². The van der Waals surface area contributed by atoms with Gasteiger partial charge in [0.25, 0.3) is 0 Å². The van der Waals surface area contributed by atoms with E-state index in [2.05, 4.69) is 34.3 Å². The van der Waals surface area contributed by atoms with E-state index in [1.165, 1.54) is 77.0 Å². The Kier molecular flexibility index (Phi) is 20.3. The van der Waals surface area contributed by atoms with Crippen molar-refractivity contribution in [1.29, 1.82) is 0 Å². The second-order valence-electron chi connectivity index (χ2n) is 13.6. The van der Waals surface area contributed by atoms with Gasteiger partial charge < -0.3 is 24.1 Å². The van der Waals surface area contributed by atoms with Crippen LogP contribution >= 0.6 is 0 Å². The summed E-state index contributed by atoms with van der Waals surface area (Å²) in [7, 11) is 0. The second-order valence-corrected chi connectivity index (χ2v) is 13.6. The lowest BCUT2D eigenvalue weighted by atomic mass is 10.1. The number of unbranched alkanes of at least 4 members (excludes halogenated alkanes) is 12. The van der Waals surface area contributed by atoms with Crippen molar-refractivity contribution < 1.29 is 24.1 Å². The minimum atomic E-state index is -0.811. The number of benzene rings is 4. The molecule has 0 aliphatic rings. The molecule has 9 heteroatoms. The molecule has 1 N–H and O–H groups in total. The molecular formula is C45H60N4O5. The highest BCUT2D eigenvalue weighted by atomic mass is 16.5. The molecule has 0 fully saturated rings. The van der Waals surface area contributed by atoms with Crippen LogP contribution < -0.4 is 18.9 Å². The van der Waals surface area contributed by atoms with E-state index in [1.54, 1.807) is 24.3 Å². The molecule has 0 unspecified atom stereocenters. The molecule has 4 rings (SSSR count). The molecule has 0 heterocycles. The van der Waals surface area contributed by atoms with E-state index in [1.807, 2.05) is 72.8 Å². The second kappa shape index (κ2) is 26.1. The third kappa shape index (κ3) is 17.8. The molecule has 290 valence electrons. The quantitative estimate of drug-likeness (QED) is 0.0461. The van der Waals surface area contributed by atoms with Crippen molar-refractivity contribution in [2.24, 2.45) is 20.5 Å². The van der Waals surface area contributed by atoms with Crippen molar-refractivity contribution in [2.75, 3.05) is 26.4 Å². The summed E-state index contributed by atoms with van der Waals surface area (Å²) < 4.78 is 23.2. The maximum absolute atomic E-state index is 10.4. The molecule has 0 amide bonds. The molecule has 0 saturated carbocycles. The van der Waals surface area contributed by atoms with Gasteiger partial charge in [0.05, 0.1) is 36.0 Å². The summed E-state index contributed by atoms with van der Waals surface area (Å²) in [6.45, 7) is 6.14. The van der Waals surface area contributed by atoms with Gasteiger partial charge >= 0.3 is 0 Å². The first-order valence-electron chi connectivity index (χ1n) is 20.0. The van der Waals surface area contributed by atoms with Gasteiger partial charge in [0.15, 0.2) is 0 Å². The van der Waals surface area contributed by atoms with E-state index >= 15 is 0 Å². The molecule has 0 saturated heterocycles. The highest BCUT2D eigenvalue weighted by Gasteiger charge is 2.08. The SMILES string of the molecule is CCCCCCCCCOc1ccc(N=Nc2ccc(OCC(O)COc3ccc(N=Nc4ccc(OCCCCCCCCC)cc4)cc3)cc2)cc1. The average molecular weight is 737 g/mol. The topological polar surface area (TPSA) is 107 Å². The summed E-state index contributed by atoms with van der Waals surface area (Å²) in [5, 5.41) is 27.7. The first kappa shape index (κ1) is 42.0. The molecular weight excluding hydrogens is 677 g/mol. The van der Waals surface area contributed by atoms with Crippen LogP contribution in [0.2, 0.25) is 0 Å². The molecule has 0 atom stereocenters. The van der Waals surface area contributed by atoms with E-state index in [0.717, 1.165) is 48.9 Å². The van der Waals surface area contributed by atoms with Gasteiger partial charge in [0.1, 0.15) is 42.3 Å². The summed E-state index contributed by atoms with van der Waals surface area (Å²) in [4.78, 5) is 0. The predicted molar refractivity (Wildman–Crippen MR) is 218 cm³/mol. The minimum Gasteiger partial charge on any atom is -0.494 e. The van der Waals surface area contributed by atoms with Gasteiger partial charge in [0.2, 0.25) is 0 Å². The summed E-state index contributed by atoms with van der Waals surface area (Å²) in [6, 6.07) is 29.8. The lowest BCUT2D eigenvalue weighted by molar-refractivity contribution is 0.0626. The van der Waals surface area contributed by atoms with E-state index in [-0.39, 0.29) is 13.2 Å². The number of ether oxygens (including phenoxy) is 4. The molecule has 4 aromatic carbocycles. The van der Waals surface area contributed by atoms with E-state index in [0.29, 0.717) is 22.9 Å². The van der Waals surface area contributed by atoms with E-state index < -0.39 is 6.10 Å². The zero-order valence-corrected chi connectivity index (χ0v) is 32.4. The van der Waals surface area contributed by atoms with Crippen LogP contribution in [0.4, 0.5) is 22.7 Å². The molecule has 0 bridgehead atoms. The highest BCUT2D eigenvalue weighted by molar-refractivity contribution is 5.45. The monoisotopic (exact) mass is 736 g/mol. The van der Waals surface area contributed by atoms with Crippen molar-refractivity contribution in [2.45, 2.75) is 110 Å². The van der Waals surface area contributed by atoms with Gasteiger partial charge in [0, 0.05) is 0 Å². The zero-order valence-electron chi connectivity index (χ0n) is 32.4. The van der Waals surface area contributed by atoms with Crippen molar-refractivity contribution in [3.05, 3.63) is 97.1 Å². The Morgan fingerprint density at radius 1 is 0.370 bits per heavy atom. The highest BCUT2D eigenvalue weighted by Crippen LogP contribution is 2.25. The van der Waals surface area contributed by atoms with Crippen LogP contribution in [0.1, 0.15) is 104 Å². The fourth-order valence-corrected chi connectivity index (χ4v) is 5.60. The number of aliphatic hydroxyl groups excluding tert-OH is 1. The van der Waals surface area contributed by atoms with Crippen LogP contribution in [0.3, 0.4) is 0 Å². The lowest BCUT2D eigenvalue weighted by Crippen LogP contribution is -2.25. The van der Waals surface area contributed by atoms with Gasteiger partial charge in [-0.1, -0.05) is 90.9 Å². The number of aliphatic hydroxyl groups is 1. The fourth-order valence-electron chi connectivity index (χ4n) is 5.60. The Labute approximate surface area is 322 Å². The summed E-state index contributed by atoms with van der Waals surface area (Å²) >= 11 is 0. The van der Waals surface area contributed by atoms with E-state index in [4.69, 9.17) is 18.9 Å². The molecule has 0 aliphatic heterocycles. The number of rotatable bonds is 28. The smallest absolute Gasteiger partial charge is 0.122 e. The zero-order chi connectivity index (χ0) is 37.9. The molecule has 0 spiro atoms. The van der Waals surface area contributed by atoms with Gasteiger partial charge in [-0.25, -0.2) is 0 Å². The van der Waals surface area contributed by atoms with E-state index in [9.17, 15) is 5.11 Å². The van der Waals surface area contributed by atoms with Crippen molar-refractivity contribution in [3.63, 3.8) is 0 Å². The van der Waals surface area contributed by atoms with Crippen LogP contribution in [-0.4, -0.2) is 37.6 Å². The lowest BCUT2D eigenvalue weighted by Gasteiger charge is -2.13. The molecule has 0 aromatic heterocycles. The third-order valence-electron chi connectivity index (χ3n) is 8.83. The Morgan fingerprint density at radius 3 is 0.926 bits per heavy atom. The Balaban J connectivity index is 1.07.